The van der Waals surface area contributed by atoms with Gasteiger partial charge in [0.2, 0.25) is 11.5 Å². The first-order chi connectivity index (χ1) is 12.6. The number of hydrogen-bond acceptors (Lipinski definition) is 4. The Hall–Kier alpha value is -2.41. The monoisotopic (exact) mass is 355 g/mol. The van der Waals surface area contributed by atoms with Crippen LogP contribution in [0.1, 0.15) is 36.9 Å². The van der Waals surface area contributed by atoms with Crippen LogP contribution in [0.4, 0.5) is 0 Å². The fraction of sp³-hybridized carbons (Fsp3) is 0.526. The van der Waals surface area contributed by atoms with Crippen LogP contribution in [-0.4, -0.2) is 43.7 Å². The summed E-state index contributed by atoms with van der Waals surface area (Å²) in [5.74, 6) is 0.0919. The minimum Gasteiger partial charge on any atom is -0.352 e. The minimum atomic E-state index is -0.117. The van der Waals surface area contributed by atoms with Crippen molar-refractivity contribution in [1.29, 1.82) is 0 Å². The second kappa shape index (κ2) is 7.07. The van der Waals surface area contributed by atoms with E-state index in [1.807, 2.05) is 17.9 Å². The van der Waals surface area contributed by atoms with E-state index in [2.05, 4.69) is 26.4 Å². The molecule has 138 valence electrons. The average molecular weight is 355 g/mol. The smallest absolute Gasteiger partial charge is 0.247 e. The van der Waals surface area contributed by atoms with Crippen molar-refractivity contribution in [3.63, 3.8) is 0 Å². The summed E-state index contributed by atoms with van der Waals surface area (Å²) in [5, 5.41) is 7.49. The lowest BCUT2D eigenvalue weighted by atomic mass is 9.95. The van der Waals surface area contributed by atoms with Gasteiger partial charge in [-0.1, -0.05) is 6.07 Å². The molecule has 26 heavy (non-hydrogen) atoms. The van der Waals surface area contributed by atoms with Gasteiger partial charge in [0, 0.05) is 56.6 Å². The summed E-state index contributed by atoms with van der Waals surface area (Å²) in [7, 11) is 1.98. The van der Waals surface area contributed by atoms with Gasteiger partial charge in [0.05, 0.1) is 5.69 Å². The van der Waals surface area contributed by atoms with Crippen molar-refractivity contribution in [3.05, 3.63) is 52.2 Å². The van der Waals surface area contributed by atoms with Gasteiger partial charge in [0.25, 0.3) is 0 Å². The fourth-order valence-corrected chi connectivity index (χ4v) is 4.38. The molecule has 3 atom stereocenters. The van der Waals surface area contributed by atoms with E-state index >= 15 is 0 Å². The van der Waals surface area contributed by atoms with E-state index in [9.17, 15) is 9.59 Å². The van der Waals surface area contributed by atoms with Crippen LogP contribution in [0.15, 0.2) is 35.4 Å². The summed E-state index contributed by atoms with van der Waals surface area (Å²) in [6, 6.07) is 6.56. The lowest BCUT2D eigenvalue weighted by Gasteiger charge is -2.25. The first kappa shape index (κ1) is 17.0. The molecule has 0 saturated carbocycles. The highest BCUT2D eigenvalue weighted by Crippen LogP contribution is 2.38. The third kappa shape index (κ3) is 3.44. The van der Waals surface area contributed by atoms with Crippen molar-refractivity contribution in [1.82, 2.24) is 25.0 Å². The number of fused-ring (bicyclic) bond motifs is 2. The van der Waals surface area contributed by atoms with Crippen LogP contribution in [0.2, 0.25) is 0 Å². The van der Waals surface area contributed by atoms with Crippen molar-refractivity contribution in [2.75, 3.05) is 0 Å². The van der Waals surface area contributed by atoms with Crippen LogP contribution in [0, 0.1) is 0 Å². The number of rotatable bonds is 6. The molecule has 0 radical (unpaired) electrons. The first-order valence-electron chi connectivity index (χ1n) is 9.30. The number of hydrogen-bond donors (Lipinski definition) is 2. The standard InChI is InChI=1S/C19H25N5O2/c1-23-15(8-9-21-23)12-24-14-4-5-17(24)16(10-14)22-19(26)7-3-13-2-6-18(25)20-11-13/h2,6,8-9,11,14,16-17H,3-5,7,10,12H2,1H3,(H,20,25)(H,22,26)/t14-,16-,17+/m1/s1. The topological polar surface area (TPSA) is 83.0 Å². The molecule has 2 aromatic rings. The maximum absolute atomic E-state index is 12.4. The first-order valence-corrected chi connectivity index (χ1v) is 9.30. The van der Waals surface area contributed by atoms with Crippen molar-refractivity contribution in [2.45, 2.75) is 56.8 Å². The number of pyridine rings is 1. The van der Waals surface area contributed by atoms with E-state index in [-0.39, 0.29) is 17.5 Å². The Morgan fingerprint density at radius 3 is 2.96 bits per heavy atom. The fourth-order valence-electron chi connectivity index (χ4n) is 4.38. The highest BCUT2D eigenvalue weighted by molar-refractivity contribution is 5.76. The van der Waals surface area contributed by atoms with Crippen molar-refractivity contribution >= 4 is 5.91 Å². The van der Waals surface area contributed by atoms with Gasteiger partial charge in [-0.2, -0.15) is 5.10 Å². The highest BCUT2D eigenvalue weighted by Gasteiger charge is 2.46. The second-order valence-corrected chi connectivity index (χ2v) is 7.39. The van der Waals surface area contributed by atoms with Crippen LogP contribution in [0.25, 0.3) is 0 Å². The van der Waals surface area contributed by atoms with Crippen molar-refractivity contribution in [2.24, 2.45) is 7.05 Å². The van der Waals surface area contributed by atoms with E-state index in [4.69, 9.17) is 0 Å². The largest absolute Gasteiger partial charge is 0.352 e. The predicted octanol–water partition coefficient (Wildman–Crippen LogP) is 0.963. The molecule has 2 N–H and O–H groups in total. The van der Waals surface area contributed by atoms with E-state index < -0.39 is 0 Å². The van der Waals surface area contributed by atoms with Gasteiger partial charge >= 0.3 is 0 Å². The zero-order chi connectivity index (χ0) is 18.1. The SMILES string of the molecule is Cn1nccc1CN1[C@@H]2CC[C@H]1[C@H](NC(=O)CCc1ccc(=O)[nH]c1)C2. The van der Waals surface area contributed by atoms with Gasteiger partial charge in [0.1, 0.15) is 0 Å². The summed E-state index contributed by atoms with van der Waals surface area (Å²) in [4.78, 5) is 28.6. The summed E-state index contributed by atoms with van der Waals surface area (Å²) >= 11 is 0. The molecule has 4 heterocycles. The Bertz CT molecular complexity index is 822. The van der Waals surface area contributed by atoms with E-state index in [1.165, 1.54) is 18.2 Å². The molecule has 2 aliphatic rings. The number of carbonyl (C=O) groups is 1. The molecular formula is C19H25N5O2. The van der Waals surface area contributed by atoms with Crippen molar-refractivity contribution in [3.8, 4) is 0 Å². The maximum Gasteiger partial charge on any atom is 0.247 e. The van der Waals surface area contributed by atoms with Crippen LogP contribution >= 0.6 is 0 Å². The zero-order valence-electron chi connectivity index (χ0n) is 15.0. The zero-order valence-corrected chi connectivity index (χ0v) is 15.0. The number of H-pyrrole nitrogens is 1. The third-order valence-electron chi connectivity index (χ3n) is 5.78. The second-order valence-electron chi connectivity index (χ2n) is 7.39. The van der Waals surface area contributed by atoms with Gasteiger partial charge in [-0.05, 0) is 37.3 Å². The summed E-state index contributed by atoms with van der Waals surface area (Å²) in [5.41, 5.74) is 2.08. The van der Waals surface area contributed by atoms with Crippen LogP contribution < -0.4 is 10.9 Å². The molecule has 7 heteroatoms. The van der Waals surface area contributed by atoms with Gasteiger partial charge in [-0.3, -0.25) is 19.2 Å². The van der Waals surface area contributed by atoms with Crippen LogP contribution in [0.5, 0.6) is 0 Å². The number of aromatic amines is 1. The molecule has 0 aliphatic carbocycles. The number of aryl methyl sites for hydroxylation is 2. The Labute approximate surface area is 152 Å². The summed E-state index contributed by atoms with van der Waals surface area (Å²) in [6.45, 7) is 0.898. The number of carbonyl (C=O) groups excluding carboxylic acids is 1. The van der Waals surface area contributed by atoms with Crippen LogP contribution in [-0.2, 0) is 24.8 Å². The Balaban J connectivity index is 1.31. The van der Waals surface area contributed by atoms with Crippen LogP contribution in [0.3, 0.4) is 0 Å². The Morgan fingerprint density at radius 2 is 2.23 bits per heavy atom. The lowest BCUT2D eigenvalue weighted by molar-refractivity contribution is -0.122. The number of aromatic nitrogens is 3. The molecule has 0 unspecified atom stereocenters. The predicted molar refractivity (Wildman–Crippen MR) is 97.5 cm³/mol. The molecule has 2 saturated heterocycles. The van der Waals surface area contributed by atoms with E-state index in [0.717, 1.165) is 24.9 Å². The molecule has 1 amide bonds. The van der Waals surface area contributed by atoms with E-state index in [1.54, 1.807) is 12.3 Å². The lowest BCUT2D eigenvalue weighted by Crippen LogP contribution is -2.43. The molecule has 7 nitrogen and oxygen atoms in total. The van der Waals surface area contributed by atoms with Gasteiger partial charge in [-0.15, -0.1) is 0 Å². The molecular weight excluding hydrogens is 330 g/mol. The maximum atomic E-state index is 12.4. The Kier molecular flexibility index (Phi) is 4.63. The van der Waals surface area contributed by atoms with Gasteiger partial charge in [0.15, 0.2) is 0 Å². The number of nitrogens with zero attached hydrogens (tertiary/aromatic N) is 3. The molecule has 2 bridgehead atoms. The quantitative estimate of drug-likeness (QED) is 0.809. The third-order valence-corrected chi connectivity index (χ3v) is 5.78. The normalized spacial score (nSPS) is 24.9. The number of amides is 1. The van der Waals surface area contributed by atoms with Crippen molar-refractivity contribution < 1.29 is 4.79 Å². The highest BCUT2D eigenvalue weighted by atomic mass is 16.1. The molecule has 0 aromatic carbocycles. The summed E-state index contributed by atoms with van der Waals surface area (Å²) in [6.07, 6.45) is 8.00. The molecule has 2 aliphatic heterocycles. The molecule has 2 aromatic heterocycles. The molecule has 2 fully saturated rings. The minimum absolute atomic E-state index is 0.0919. The Morgan fingerprint density at radius 1 is 1.35 bits per heavy atom. The molecule has 4 rings (SSSR count). The van der Waals surface area contributed by atoms with E-state index in [0.29, 0.717) is 24.9 Å². The van der Waals surface area contributed by atoms with Gasteiger partial charge in [-0.25, -0.2) is 0 Å². The molecule has 0 spiro atoms. The summed E-state index contributed by atoms with van der Waals surface area (Å²) < 4.78 is 1.93. The number of nitrogens with one attached hydrogen (secondary N) is 2. The van der Waals surface area contributed by atoms with Gasteiger partial charge < -0.3 is 10.3 Å². The average Bonchev–Trinajstić information content (AvgIpc) is 3.30.